The molecule has 2 bridgehead atoms. The maximum Gasteiger partial charge on any atom is 0.247 e. The third-order valence-corrected chi connectivity index (χ3v) is 11.9. The van der Waals surface area contributed by atoms with Gasteiger partial charge in [0.05, 0.1) is 23.2 Å². The molecule has 1 N–H and O–H groups in total. The summed E-state index contributed by atoms with van der Waals surface area (Å²) in [5.41, 5.74) is 0.245. The monoisotopic (exact) mass is 667 g/mol. The first-order valence-corrected chi connectivity index (χ1v) is 18.3. The van der Waals surface area contributed by atoms with Crippen LogP contribution in [0.2, 0.25) is 0 Å². The van der Waals surface area contributed by atoms with Crippen LogP contribution in [0.1, 0.15) is 86.5 Å². The lowest BCUT2D eigenvalue weighted by Gasteiger charge is -2.46. The molecule has 0 radical (unpaired) electrons. The van der Waals surface area contributed by atoms with Crippen LogP contribution in [0.25, 0.3) is 0 Å². The summed E-state index contributed by atoms with van der Waals surface area (Å²) in [6.45, 7) is 22.5. The van der Waals surface area contributed by atoms with Crippen LogP contribution in [-0.4, -0.2) is 87.1 Å². The van der Waals surface area contributed by atoms with Gasteiger partial charge in [-0.05, 0) is 82.6 Å². The van der Waals surface area contributed by atoms with Crippen molar-refractivity contribution in [2.45, 2.75) is 108 Å². The van der Waals surface area contributed by atoms with Crippen LogP contribution in [0.15, 0.2) is 49.6 Å². The number of benzene rings is 1. The smallest absolute Gasteiger partial charge is 0.247 e. The molecule has 0 saturated carbocycles. The van der Waals surface area contributed by atoms with E-state index in [1.54, 1.807) is 28.8 Å². The van der Waals surface area contributed by atoms with Gasteiger partial charge in [0.2, 0.25) is 17.7 Å². The van der Waals surface area contributed by atoms with Gasteiger partial charge >= 0.3 is 0 Å². The average molecular weight is 668 g/mol. The van der Waals surface area contributed by atoms with Crippen molar-refractivity contribution in [1.29, 1.82) is 0 Å². The molecule has 1 aromatic carbocycles. The van der Waals surface area contributed by atoms with E-state index in [1.165, 1.54) is 0 Å². The van der Waals surface area contributed by atoms with Crippen LogP contribution in [0.3, 0.4) is 0 Å². The standard InChI is InChI=1S/C38H57N3O5S/c1-9-22-39(27-16-18-28(19-17-27)46-11-3)33(43)30-29-20-21-38(47-29)31(30)34(44)40(24-14-12-13-15-25-42)32(38)35(45)41(23-10-2)37(7,8)26-36(4,5)6/h9-10,16-19,29-32,42H,1-2,11-15,20-26H2,3-8H3/t29-,30+,31+,32?,38?/m1/s1. The van der Waals surface area contributed by atoms with Gasteiger partial charge in [-0.3, -0.25) is 14.4 Å². The Kier molecular flexibility index (Phi) is 12.0. The Morgan fingerprint density at radius 1 is 1.04 bits per heavy atom. The van der Waals surface area contributed by atoms with E-state index in [0.717, 1.165) is 56.4 Å². The zero-order valence-electron chi connectivity index (χ0n) is 29.5. The molecule has 260 valence electrons. The zero-order valence-corrected chi connectivity index (χ0v) is 30.3. The molecule has 2 unspecified atom stereocenters. The second kappa shape index (κ2) is 15.2. The highest BCUT2D eigenvalue weighted by Crippen LogP contribution is 2.67. The molecule has 1 aromatic rings. The maximum absolute atomic E-state index is 15.0. The van der Waals surface area contributed by atoms with E-state index in [4.69, 9.17) is 4.74 Å². The molecule has 0 aromatic heterocycles. The summed E-state index contributed by atoms with van der Waals surface area (Å²) in [7, 11) is 0. The van der Waals surface area contributed by atoms with E-state index in [1.807, 2.05) is 41.0 Å². The second-order valence-electron chi connectivity index (χ2n) is 15.2. The van der Waals surface area contributed by atoms with Crippen molar-refractivity contribution >= 4 is 35.2 Å². The second-order valence-corrected chi connectivity index (χ2v) is 16.8. The number of carbonyl (C=O) groups is 3. The molecule has 9 heteroatoms. The van der Waals surface area contributed by atoms with Crippen molar-refractivity contribution < 1.29 is 24.2 Å². The highest BCUT2D eigenvalue weighted by molar-refractivity contribution is 8.02. The number of hydrogen-bond acceptors (Lipinski definition) is 6. The third kappa shape index (κ3) is 7.61. The van der Waals surface area contributed by atoms with Crippen LogP contribution in [0.4, 0.5) is 5.69 Å². The third-order valence-electron chi connectivity index (χ3n) is 9.93. The van der Waals surface area contributed by atoms with Gasteiger partial charge in [0.15, 0.2) is 0 Å². The molecule has 0 aliphatic carbocycles. The van der Waals surface area contributed by atoms with Crippen LogP contribution in [0.5, 0.6) is 5.75 Å². The van der Waals surface area contributed by atoms with Gasteiger partial charge in [0, 0.05) is 42.7 Å². The minimum absolute atomic E-state index is 0.0184. The van der Waals surface area contributed by atoms with Gasteiger partial charge < -0.3 is 24.5 Å². The molecular weight excluding hydrogens is 611 g/mol. The van der Waals surface area contributed by atoms with Crippen molar-refractivity contribution in [1.82, 2.24) is 9.80 Å². The van der Waals surface area contributed by atoms with Gasteiger partial charge in [-0.15, -0.1) is 24.9 Å². The number of amides is 3. The molecule has 3 aliphatic heterocycles. The Hall–Kier alpha value is -2.78. The summed E-state index contributed by atoms with van der Waals surface area (Å²) in [6, 6.07) is 6.84. The SMILES string of the molecule is C=CCN(C(=O)[C@@H]1[C@H]2C(=O)N(CCCCCCO)C(C(=O)N(CC=C)C(C)(C)CC(C)(C)C)C23CC[C@H]1S3)c1ccc(OCC)cc1. The number of aliphatic hydroxyl groups excluding tert-OH is 1. The van der Waals surface area contributed by atoms with Gasteiger partial charge in [-0.25, -0.2) is 0 Å². The topological polar surface area (TPSA) is 90.4 Å². The Morgan fingerprint density at radius 2 is 1.70 bits per heavy atom. The molecule has 3 fully saturated rings. The Bertz CT molecular complexity index is 1290. The molecular formula is C38H57N3O5S. The van der Waals surface area contributed by atoms with Gasteiger partial charge in [-0.1, -0.05) is 45.8 Å². The van der Waals surface area contributed by atoms with E-state index in [0.29, 0.717) is 26.2 Å². The predicted molar refractivity (Wildman–Crippen MR) is 192 cm³/mol. The highest BCUT2D eigenvalue weighted by Gasteiger charge is 2.74. The molecule has 47 heavy (non-hydrogen) atoms. The number of aliphatic hydroxyl groups is 1. The number of likely N-dealkylation sites (tertiary alicyclic amines) is 1. The molecule has 3 aliphatic rings. The summed E-state index contributed by atoms with van der Waals surface area (Å²) < 4.78 is 4.96. The van der Waals surface area contributed by atoms with Crippen LogP contribution < -0.4 is 9.64 Å². The average Bonchev–Trinajstić information content (AvgIpc) is 3.64. The summed E-state index contributed by atoms with van der Waals surface area (Å²) >= 11 is 1.71. The fourth-order valence-corrected chi connectivity index (χ4v) is 10.7. The molecule has 1 spiro atoms. The summed E-state index contributed by atoms with van der Waals surface area (Å²) in [6.07, 6.45) is 8.99. The first-order valence-electron chi connectivity index (χ1n) is 17.4. The van der Waals surface area contributed by atoms with Crippen molar-refractivity contribution in [3.63, 3.8) is 0 Å². The lowest BCUT2D eigenvalue weighted by Crippen LogP contribution is -2.60. The van der Waals surface area contributed by atoms with E-state index >= 15 is 4.79 Å². The van der Waals surface area contributed by atoms with Gasteiger partial charge in [0.25, 0.3) is 0 Å². The fraction of sp³-hybridized carbons (Fsp3) is 0.658. The minimum atomic E-state index is -0.667. The van der Waals surface area contributed by atoms with Gasteiger partial charge in [0.1, 0.15) is 11.8 Å². The van der Waals surface area contributed by atoms with E-state index in [2.05, 4.69) is 47.8 Å². The number of rotatable bonds is 17. The fourth-order valence-electron chi connectivity index (χ4n) is 8.53. The normalized spacial score (nSPS) is 25.1. The number of anilines is 1. The number of ether oxygens (including phenoxy) is 1. The van der Waals surface area contributed by atoms with E-state index in [-0.39, 0.29) is 35.0 Å². The summed E-state index contributed by atoms with van der Waals surface area (Å²) in [5, 5.41) is 9.25. The quantitative estimate of drug-likeness (QED) is 0.151. The first kappa shape index (κ1) is 37.0. The number of carbonyl (C=O) groups excluding carboxylic acids is 3. The van der Waals surface area contributed by atoms with Crippen molar-refractivity contribution in [3.8, 4) is 5.75 Å². The van der Waals surface area contributed by atoms with E-state index < -0.39 is 28.2 Å². The largest absolute Gasteiger partial charge is 0.494 e. The molecule has 8 nitrogen and oxygen atoms in total. The number of thioether (sulfide) groups is 1. The van der Waals surface area contributed by atoms with Crippen LogP contribution >= 0.6 is 11.8 Å². The molecule has 3 saturated heterocycles. The number of unbranched alkanes of at least 4 members (excludes halogenated alkanes) is 3. The predicted octanol–water partition coefficient (Wildman–Crippen LogP) is 6.48. The number of fused-ring (bicyclic) bond motifs is 1. The lowest BCUT2D eigenvalue weighted by molar-refractivity contribution is -0.146. The van der Waals surface area contributed by atoms with E-state index in [9.17, 15) is 14.7 Å². The minimum Gasteiger partial charge on any atom is -0.494 e. The number of hydrogen-bond donors (Lipinski definition) is 1. The van der Waals surface area contributed by atoms with Crippen LogP contribution in [-0.2, 0) is 14.4 Å². The molecule has 4 rings (SSSR count). The first-order chi connectivity index (χ1) is 22.3. The highest BCUT2D eigenvalue weighted by atomic mass is 32.2. The van der Waals surface area contributed by atoms with Crippen molar-refractivity contribution in [3.05, 3.63) is 49.6 Å². The molecule has 3 heterocycles. The zero-order chi connectivity index (χ0) is 34.6. The summed E-state index contributed by atoms with van der Waals surface area (Å²) in [5.74, 6) is -0.568. The number of nitrogens with zero attached hydrogens (tertiary/aromatic N) is 3. The Morgan fingerprint density at radius 3 is 2.30 bits per heavy atom. The lowest BCUT2D eigenvalue weighted by atomic mass is 9.70. The van der Waals surface area contributed by atoms with Crippen molar-refractivity contribution in [2.75, 3.05) is 37.7 Å². The Labute approximate surface area is 287 Å². The maximum atomic E-state index is 15.0. The Balaban J connectivity index is 1.73. The van der Waals surface area contributed by atoms with Gasteiger partial charge in [-0.2, -0.15) is 0 Å². The molecule has 3 amide bonds. The van der Waals surface area contributed by atoms with Crippen molar-refractivity contribution in [2.24, 2.45) is 17.3 Å². The summed E-state index contributed by atoms with van der Waals surface area (Å²) in [4.78, 5) is 49.8. The van der Waals surface area contributed by atoms with Crippen LogP contribution in [0, 0.1) is 17.3 Å². The molecule has 5 atom stereocenters.